The molecule has 1 aromatic rings. The molecule has 2 N–H and O–H groups in total. The van der Waals surface area contributed by atoms with E-state index in [1.165, 1.54) is 12.5 Å². The normalized spacial score (nSPS) is 15.8. The van der Waals surface area contributed by atoms with Crippen LogP contribution in [-0.4, -0.2) is 33.8 Å². The Labute approximate surface area is 116 Å². The summed E-state index contributed by atoms with van der Waals surface area (Å²) in [5.41, 5.74) is 5.56. The van der Waals surface area contributed by atoms with Crippen molar-refractivity contribution in [3.63, 3.8) is 0 Å². The number of amides is 1. The van der Waals surface area contributed by atoms with Crippen LogP contribution in [0.2, 0.25) is 0 Å². The molecule has 1 heterocycles. The third-order valence-corrected chi connectivity index (χ3v) is 3.79. The number of hydrogen-bond acceptors (Lipinski definition) is 5. The predicted molar refractivity (Wildman–Crippen MR) is 74.3 cm³/mol. The molecule has 0 atom stereocenters. The summed E-state index contributed by atoms with van der Waals surface area (Å²) in [7, 11) is 1.72. The molecule has 0 bridgehead atoms. The van der Waals surface area contributed by atoms with E-state index < -0.39 is 4.92 Å². The van der Waals surface area contributed by atoms with Crippen molar-refractivity contribution in [2.45, 2.75) is 38.1 Å². The van der Waals surface area contributed by atoms with Gasteiger partial charge < -0.3 is 10.6 Å². The van der Waals surface area contributed by atoms with E-state index in [9.17, 15) is 14.9 Å². The van der Waals surface area contributed by atoms with Crippen LogP contribution in [0.1, 0.15) is 42.5 Å². The van der Waals surface area contributed by atoms with Crippen molar-refractivity contribution in [3.05, 3.63) is 27.9 Å². The third-order valence-electron chi connectivity index (χ3n) is 3.79. The van der Waals surface area contributed by atoms with Crippen molar-refractivity contribution in [1.82, 2.24) is 9.88 Å². The number of anilines is 1. The highest BCUT2D eigenvalue weighted by Crippen LogP contribution is 2.25. The first-order chi connectivity index (χ1) is 9.50. The van der Waals surface area contributed by atoms with Gasteiger partial charge in [0, 0.05) is 19.2 Å². The Kier molecular flexibility index (Phi) is 4.16. The van der Waals surface area contributed by atoms with Crippen molar-refractivity contribution in [3.8, 4) is 0 Å². The largest absolute Gasteiger partial charge is 0.383 e. The Morgan fingerprint density at radius 3 is 2.70 bits per heavy atom. The van der Waals surface area contributed by atoms with Crippen LogP contribution in [-0.2, 0) is 0 Å². The number of nitrogen functional groups attached to an aromatic ring is 1. The summed E-state index contributed by atoms with van der Waals surface area (Å²) in [6, 6.07) is 1.37. The molecule has 7 heteroatoms. The smallest absolute Gasteiger partial charge is 0.288 e. The zero-order chi connectivity index (χ0) is 14.7. The molecule has 0 saturated heterocycles. The number of rotatable bonds is 3. The number of nitrogens with two attached hydrogens (primary N) is 1. The minimum atomic E-state index is -0.580. The maximum absolute atomic E-state index is 12.4. The van der Waals surface area contributed by atoms with Gasteiger partial charge in [-0.2, -0.15) is 0 Å². The van der Waals surface area contributed by atoms with E-state index in [-0.39, 0.29) is 29.0 Å². The lowest BCUT2D eigenvalue weighted by Crippen LogP contribution is -2.38. The van der Waals surface area contributed by atoms with Crippen molar-refractivity contribution in [2.24, 2.45) is 0 Å². The van der Waals surface area contributed by atoms with Crippen molar-refractivity contribution in [2.75, 3.05) is 12.8 Å². The van der Waals surface area contributed by atoms with E-state index >= 15 is 0 Å². The molecule has 1 aromatic heterocycles. The van der Waals surface area contributed by atoms with Crippen molar-refractivity contribution < 1.29 is 9.72 Å². The van der Waals surface area contributed by atoms with Gasteiger partial charge in [-0.15, -0.1) is 0 Å². The first-order valence-electron chi connectivity index (χ1n) is 6.67. The molecule has 7 nitrogen and oxygen atoms in total. The molecular formula is C13H18N4O3. The molecule has 1 fully saturated rings. The van der Waals surface area contributed by atoms with Crippen LogP contribution in [0, 0.1) is 10.1 Å². The highest BCUT2D eigenvalue weighted by molar-refractivity contribution is 5.98. The zero-order valence-electron chi connectivity index (χ0n) is 11.4. The van der Waals surface area contributed by atoms with Crippen LogP contribution < -0.4 is 5.73 Å². The van der Waals surface area contributed by atoms with Gasteiger partial charge in [-0.05, 0) is 12.8 Å². The Balaban J connectivity index is 2.23. The molecule has 0 aliphatic heterocycles. The van der Waals surface area contributed by atoms with Crippen LogP contribution in [0.25, 0.3) is 0 Å². The van der Waals surface area contributed by atoms with Gasteiger partial charge in [0.25, 0.3) is 11.6 Å². The van der Waals surface area contributed by atoms with Gasteiger partial charge in [0.1, 0.15) is 12.0 Å². The number of carbonyl (C=O) groups excluding carboxylic acids is 1. The first-order valence-corrected chi connectivity index (χ1v) is 6.67. The van der Waals surface area contributed by atoms with E-state index in [4.69, 9.17) is 5.73 Å². The topological polar surface area (TPSA) is 102 Å². The van der Waals surface area contributed by atoms with Gasteiger partial charge in [0.15, 0.2) is 0 Å². The number of nitro groups is 1. The molecule has 1 aliphatic rings. The summed E-state index contributed by atoms with van der Waals surface area (Å²) < 4.78 is 0. The molecule has 0 unspecified atom stereocenters. The van der Waals surface area contributed by atoms with Crippen molar-refractivity contribution in [1.29, 1.82) is 0 Å². The standard InChI is InChI=1S/C13H18N4O3/c1-16(9-5-3-2-4-6-9)13(18)11-7-10(17(19)20)8-15-12(11)14/h7-9H,2-6H2,1H3,(H2,14,15). The monoisotopic (exact) mass is 278 g/mol. The summed E-state index contributed by atoms with van der Waals surface area (Å²) in [4.78, 5) is 28.0. The molecular weight excluding hydrogens is 260 g/mol. The fraction of sp³-hybridized carbons (Fsp3) is 0.538. The average molecular weight is 278 g/mol. The zero-order valence-corrected chi connectivity index (χ0v) is 11.4. The van der Waals surface area contributed by atoms with E-state index in [0.29, 0.717) is 0 Å². The molecule has 0 aromatic carbocycles. The summed E-state index contributed by atoms with van der Waals surface area (Å²) in [5.74, 6) is -0.270. The lowest BCUT2D eigenvalue weighted by molar-refractivity contribution is -0.385. The quantitative estimate of drug-likeness (QED) is 0.672. The van der Waals surface area contributed by atoms with Crippen LogP contribution in [0.5, 0.6) is 0 Å². The van der Waals surface area contributed by atoms with Crippen LogP contribution in [0.15, 0.2) is 12.3 Å². The third kappa shape index (κ3) is 2.87. The first kappa shape index (κ1) is 14.2. The lowest BCUT2D eigenvalue weighted by Gasteiger charge is -2.31. The number of aromatic nitrogens is 1. The van der Waals surface area contributed by atoms with Gasteiger partial charge in [-0.1, -0.05) is 19.3 Å². The van der Waals surface area contributed by atoms with E-state index in [1.807, 2.05) is 0 Å². The van der Waals surface area contributed by atoms with Gasteiger partial charge in [-0.3, -0.25) is 14.9 Å². The molecule has 1 saturated carbocycles. The SMILES string of the molecule is CN(C(=O)c1cc([N+](=O)[O-])cnc1N)C1CCCCC1. The van der Waals surface area contributed by atoms with Crippen LogP contribution >= 0.6 is 0 Å². The second kappa shape index (κ2) is 5.85. The molecule has 0 spiro atoms. The average Bonchev–Trinajstić information content (AvgIpc) is 2.47. The molecule has 0 radical (unpaired) electrons. The maximum atomic E-state index is 12.4. The second-order valence-electron chi connectivity index (χ2n) is 5.09. The molecule has 1 amide bonds. The second-order valence-corrected chi connectivity index (χ2v) is 5.09. The van der Waals surface area contributed by atoms with Gasteiger partial charge in [0.2, 0.25) is 0 Å². The Bertz CT molecular complexity index is 526. The fourth-order valence-electron chi connectivity index (χ4n) is 2.56. The highest BCUT2D eigenvalue weighted by atomic mass is 16.6. The van der Waals surface area contributed by atoms with Gasteiger partial charge in [-0.25, -0.2) is 4.98 Å². The van der Waals surface area contributed by atoms with E-state index in [0.717, 1.165) is 31.9 Å². The Morgan fingerprint density at radius 1 is 1.45 bits per heavy atom. The maximum Gasteiger partial charge on any atom is 0.288 e. The number of hydrogen-bond donors (Lipinski definition) is 1. The summed E-state index contributed by atoms with van der Waals surface area (Å²) in [6.07, 6.45) is 6.39. The number of carbonyl (C=O) groups is 1. The minimum absolute atomic E-state index is 0.0308. The molecule has 20 heavy (non-hydrogen) atoms. The van der Waals surface area contributed by atoms with Crippen molar-refractivity contribution >= 4 is 17.4 Å². The minimum Gasteiger partial charge on any atom is -0.383 e. The predicted octanol–water partition coefficient (Wildman–Crippen LogP) is 1.98. The summed E-state index contributed by atoms with van der Waals surface area (Å²) in [5, 5.41) is 10.8. The molecule has 1 aliphatic carbocycles. The molecule has 108 valence electrons. The van der Waals surface area contributed by atoms with E-state index in [1.54, 1.807) is 11.9 Å². The summed E-state index contributed by atoms with van der Waals surface area (Å²) in [6.45, 7) is 0. The van der Waals surface area contributed by atoms with E-state index in [2.05, 4.69) is 4.98 Å². The van der Waals surface area contributed by atoms with Gasteiger partial charge >= 0.3 is 0 Å². The Hall–Kier alpha value is -2.18. The highest BCUT2D eigenvalue weighted by Gasteiger charge is 2.26. The van der Waals surface area contributed by atoms with Gasteiger partial charge in [0.05, 0.1) is 10.5 Å². The summed E-state index contributed by atoms with van der Waals surface area (Å²) >= 11 is 0. The fourth-order valence-corrected chi connectivity index (χ4v) is 2.56. The van der Waals surface area contributed by atoms with Crippen LogP contribution in [0.3, 0.4) is 0 Å². The number of pyridine rings is 1. The Morgan fingerprint density at radius 2 is 2.10 bits per heavy atom. The van der Waals surface area contributed by atoms with Crippen LogP contribution in [0.4, 0.5) is 11.5 Å². The molecule has 2 rings (SSSR count). The lowest BCUT2D eigenvalue weighted by atomic mass is 9.94. The number of nitrogens with zero attached hydrogens (tertiary/aromatic N) is 3.